The first-order valence-electron chi connectivity index (χ1n) is 5.86. The largest absolute Gasteiger partial charge is 0.486 e. The van der Waals surface area contributed by atoms with Crippen LogP contribution in [0.3, 0.4) is 0 Å². The predicted octanol–water partition coefficient (Wildman–Crippen LogP) is 3.75. The van der Waals surface area contributed by atoms with Gasteiger partial charge in [-0.05, 0) is 31.2 Å². The minimum atomic E-state index is 0.406. The van der Waals surface area contributed by atoms with Crippen LogP contribution in [0.1, 0.15) is 12.6 Å². The van der Waals surface area contributed by atoms with Crippen LogP contribution in [0.5, 0.6) is 5.75 Å². The summed E-state index contributed by atoms with van der Waals surface area (Å²) >= 11 is 6.01. The Balaban J connectivity index is 2.02. The number of benzene rings is 1. The van der Waals surface area contributed by atoms with Gasteiger partial charge in [0.15, 0.2) is 0 Å². The lowest BCUT2D eigenvalue weighted by atomic mass is 10.3. The van der Waals surface area contributed by atoms with E-state index in [-0.39, 0.29) is 0 Å². The molecule has 18 heavy (non-hydrogen) atoms. The van der Waals surface area contributed by atoms with E-state index in [1.54, 1.807) is 6.07 Å². The van der Waals surface area contributed by atoms with Crippen molar-refractivity contribution in [2.75, 3.05) is 11.9 Å². The molecule has 4 heteroatoms. The Morgan fingerprint density at radius 1 is 1.17 bits per heavy atom. The zero-order valence-corrected chi connectivity index (χ0v) is 10.9. The number of nitrogens with zero attached hydrogens (tertiary/aromatic N) is 1. The Morgan fingerprint density at radius 3 is 2.78 bits per heavy atom. The van der Waals surface area contributed by atoms with Crippen molar-refractivity contribution in [1.29, 1.82) is 0 Å². The van der Waals surface area contributed by atoms with Crippen molar-refractivity contribution in [2.24, 2.45) is 0 Å². The van der Waals surface area contributed by atoms with Gasteiger partial charge in [-0.1, -0.05) is 29.8 Å². The highest BCUT2D eigenvalue weighted by molar-refractivity contribution is 6.32. The number of para-hydroxylation sites is 1. The molecule has 1 aromatic heterocycles. The molecule has 0 radical (unpaired) electrons. The van der Waals surface area contributed by atoms with Gasteiger partial charge >= 0.3 is 0 Å². The van der Waals surface area contributed by atoms with Crippen molar-refractivity contribution in [1.82, 2.24) is 4.98 Å². The number of hydrogen-bond acceptors (Lipinski definition) is 3. The highest BCUT2D eigenvalue weighted by Gasteiger charge is 2.02. The topological polar surface area (TPSA) is 34.1 Å². The van der Waals surface area contributed by atoms with Gasteiger partial charge in [-0.25, -0.2) is 4.98 Å². The van der Waals surface area contributed by atoms with Crippen LogP contribution in [-0.2, 0) is 6.61 Å². The zero-order chi connectivity index (χ0) is 12.8. The van der Waals surface area contributed by atoms with Crippen LogP contribution in [0, 0.1) is 0 Å². The highest BCUT2D eigenvalue weighted by atomic mass is 35.5. The van der Waals surface area contributed by atoms with Gasteiger partial charge in [0.2, 0.25) is 0 Å². The Kier molecular flexibility index (Phi) is 4.42. The third-order valence-electron chi connectivity index (χ3n) is 2.38. The molecule has 0 saturated heterocycles. The fourth-order valence-electron chi connectivity index (χ4n) is 1.55. The standard InChI is InChI=1S/C14H15ClN2O/c1-2-16-14-9-5-6-11(17-14)10-18-13-8-4-3-7-12(13)15/h3-9H,2,10H2,1H3,(H,16,17). The first-order valence-corrected chi connectivity index (χ1v) is 6.24. The lowest BCUT2D eigenvalue weighted by Crippen LogP contribution is -2.03. The second-order valence-electron chi connectivity index (χ2n) is 3.76. The van der Waals surface area contributed by atoms with Gasteiger partial charge in [0.1, 0.15) is 18.2 Å². The molecule has 0 amide bonds. The SMILES string of the molecule is CCNc1cccc(COc2ccccc2Cl)n1. The van der Waals surface area contributed by atoms with E-state index in [2.05, 4.69) is 10.3 Å². The van der Waals surface area contributed by atoms with E-state index in [1.807, 2.05) is 43.3 Å². The number of halogens is 1. The molecule has 0 bridgehead atoms. The maximum absolute atomic E-state index is 6.01. The summed E-state index contributed by atoms with van der Waals surface area (Å²) in [5.74, 6) is 1.53. The van der Waals surface area contributed by atoms with E-state index in [4.69, 9.17) is 16.3 Å². The van der Waals surface area contributed by atoms with E-state index in [0.717, 1.165) is 18.1 Å². The Morgan fingerprint density at radius 2 is 2.00 bits per heavy atom. The molecule has 2 aromatic rings. The van der Waals surface area contributed by atoms with E-state index in [9.17, 15) is 0 Å². The quantitative estimate of drug-likeness (QED) is 0.891. The number of hydrogen-bond donors (Lipinski definition) is 1. The van der Waals surface area contributed by atoms with Crippen molar-refractivity contribution >= 4 is 17.4 Å². The minimum Gasteiger partial charge on any atom is -0.486 e. The van der Waals surface area contributed by atoms with Crippen LogP contribution >= 0.6 is 11.6 Å². The lowest BCUT2D eigenvalue weighted by molar-refractivity contribution is 0.301. The van der Waals surface area contributed by atoms with Crippen LogP contribution < -0.4 is 10.1 Å². The summed E-state index contributed by atoms with van der Waals surface area (Å²) in [6.07, 6.45) is 0. The fraction of sp³-hybridized carbons (Fsp3) is 0.214. The monoisotopic (exact) mass is 262 g/mol. The number of aromatic nitrogens is 1. The van der Waals surface area contributed by atoms with E-state index >= 15 is 0 Å². The number of rotatable bonds is 5. The van der Waals surface area contributed by atoms with Crippen LogP contribution in [0.4, 0.5) is 5.82 Å². The van der Waals surface area contributed by atoms with Crippen molar-refractivity contribution in [3.8, 4) is 5.75 Å². The van der Waals surface area contributed by atoms with Gasteiger partial charge in [-0.3, -0.25) is 0 Å². The Labute approximate surface area is 112 Å². The van der Waals surface area contributed by atoms with Gasteiger partial charge in [0, 0.05) is 6.54 Å². The molecule has 0 spiro atoms. The van der Waals surface area contributed by atoms with E-state index < -0.39 is 0 Å². The maximum atomic E-state index is 6.01. The fourth-order valence-corrected chi connectivity index (χ4v) is 1.74. The first-order chi connectivity index (χ1) is 8.79. The van der Waals surface area contributed by atoms with Crippen molar-refractivity contribution in [3.63, 3.8) is 0 Å². The molecule has 0 fully saturated rings. The summed E-state index contributed by atoms with van der Waals surface area (Å²) in [4.78, 5) is 4.43. The molecular weight excluding hydrogens is 248 g/mol. The minimum absolute atomic E-state index is 0.406. The molecule has 3 nitrogen and oxygen atoms in total. The summed E-state index contributed by atoms with van der Waals surface area (Å²) in [6.45, 7) is 3.29. The average molecular weight is 263 g/mol. The maximum Gasteiger partial charge on any atom is 0.138 e. The molecule has 2 rings (SSSR count). The van der Waals surface area contributed by atoms with Gasteiger partial charge < -0.3 is 10.1 Å². The molecule has 0 aliphatic heterocycles. The Hall–Kier alpha value is -1.74. The van der Waals surface area contributed by atoms with Crippen molar-refractivity contribution in [2.45, 2.75) is 13.5 Å². The molecule has 0 aliphatic rings. The number of pyridine rings is 1. The van der Waals surface area contributed by atoms with Crippen LogP contribution in [0.2, 0.25) is 5.02 Å². The van der Waals surface area contributed by atoms with Gasteiger partial charge in [-0.2, -0.15) is 0 Å². The number of ether oxygens (including phenoxy) is 1. The summed E-state index contributed by atoms with van der Waals surface area (Å²) in [5, 5.41) is 3.78. The zero-order valence-electron chi connectivity index (χ0n) is 10.2. The lowest BCUT2D eigenvalue weighted by Gasteiger charge is -2.08. The third-order valence-corrected chi connectivity index (χ3v) is 2.69. The normalized spacial score (nSPS) is 10.1. The predicted molar refractivity (Wildman–Crippen MR) is 74.2 cm³/mol. The molecule has 0 unspecified atom stereocenters. The van der Waals surface area contributed by atoms with Crippen molar-refractivity contribution < 1.29 is 4.74 Å². The second-order valence-corrected chi connectivity index (χ2v) is 4.17. The molecule has 0 aliphatic carbocycles. The summed E-state index contributed by atoms with van der Waals surface area (Å²) in [5.41, 5.74) is 0.869. The molecule has 0 atom stereocenters. The number of nitrogens with one attached hydrogen (secondary N) is 1. The molecule has 1 heterocycles. The van der Waals surface area contributed by atoms with Crippen molar-refractivity contribution in [3.05, 3.63) is 53.2 Å². The van der Waals surface area contributed by atoms with E-state index in [1.165, 1.54) is 0 Å². The second kappa shape index (κ2) is 6.26. The van der Waals surface area contributed by atoms with Gasteiger partial charge in [-0.15, -0.1) is 0 Å². The summed E-state index contributed by atoms with van der Waals surface area (Å²) in [6, 6.07) is 13.2. The van der Waals surface area contributed by atoms with E-state index in [0.29, 0.717) is 17.4 Å². The molecule has 0 saturated carbocycles. The molecular formula is C14H15ClN2O. The number of anilines is 1. The summed E-state index contributed by atoms with van der Waals surface area (Å²) in [7, 11) is 0. The molecule has 94 valence electrons. The van der Waals surface area contributed by atoms with Gasteiger partial charge in [0.25, 0.3) is 0 Å². The van der Waals surface area contributed by atoms with Gasteiger partial charge in [0.05, 0.1) is 10.7 Å². The highest BCUT2D eigenvalue weighted by Crippen LogP contribution is 2.23. The summed E-state index contributed by atoms with van der Waals surface area (Å²) < 4.78 is 5.63. The van der Waals surface area contributed by atoms with Crippen LogP contribution in [-0.4, -0.2) is 11.5 Å². The molecule has 1 N–H and O–H groups in total. The van der Waals surface area contributed by atoms with Crippen LogP contribution in [0.15, 0.2) is 42.5 Å². The third kappa shape index (κ3) is 3.37. The first kappa shape index (κ1) is 12.7. The molecule has 1 aromatic carbocycles. The Bertz CT molecular complexity index is 517. The average Bonchev–Trinajstić information content (AvgIpc) is 2.39. The smallest absolute Gasteiger partial charge is 0.138 e. The van der Waals surface area contributed by atoms with Crippen LogP contribution in [0.25, 0.3) is 0 Å².